The summed E-state index contributed by atoms with van der Waals surface area (Å²) in [6, 6.07) is 0. The van der Waals surface area contributed by atoms with E-state index in [0.717, 1.165) is 17.6 Å². The van der Waals surface area contributed by atoms with Crippen LogP contribution in [-0.4, -0.2) is 62.2 Å². The molecule has 174 valence electrons. The van der Waals surface area contributed by atoms with Crippen molar-refractivity contribution in [2.75, 3.05) is 24.3 Å². The smallest absolute Gasteiger partial charge is 0.352 e. The first-order chi connectivity index (χ1) is 15.7. The lowest BCUT2D eigenvalue weighted by molar-refractivity contribution is -0.146. The molecule has 1 saturated heterocycles. The van der Waals surface area contributed by atoms with Crippen LogP contribution in [0.1, 0.15) is 12.1 Å². The van der Waals surface area contributed by atoms with E-state index in [-0.39, 0.29) is 34.5 Å². The number of nitrogens with two attached hydrogens (primary N) is 2. The molecule has 2 amide bonds. The maximum absolute atomic E-state index is 12.7. The molecule has 6 N–H and O–H groups in total. The molecule has 0 aliphatic carbocycles. The number of nitrogens with zero attached hydrogens (tertiary/aromatic N) is 4. The molecule has 2 aliphatic heterocycles. The normalized spacial score (nSPS) is 22.3. The Morgan fingerprint density at radius 2 is 2.30 bits per heavy atom. The molecule has 2 atom stereocenters. The van der Waals surface area contributed by atoms with Gasteiger partial charge >= 0.3 is 5.97 Å². The van der Waals surface area contributed by atoms with Crippen LogP contribution in [0.4, 0.5) is 10.1 Å². The summed E-state index contributed by atoms with van der Waals surface area (Å²) in [6.07, 6.45) is 2.55. The van der Waals surface area contributed by atoms with Crippen molar-refractivity contribution in [2.45, 2.75) is 21.0 Å². The highest BCUT2D eigenvalue weighted by atomic mass is 32.2. The van der Waals surface area contributed by atoms with Gasteiger partial charge in [-0.15, -0.1) is 11.3 Å². The first-order valence-corrected chi connectivity index (χ1v) is 12.7. The van der Waals surface area contributed by atoms with Gasteiger partial charge in [0.15, 0.2) is 14.3 Å². The Bertz CT molecular complexity index is 1180. The summed E-state index contributed by atoms with van der Waals surface area (Å²) in [5.74, 6) is -2.17. The summed E-state index contributed by atoms with van der Waals surface area (Å²) in [4.78, 5) is 50.4. The van der Waals surface area contributed by atoms with Crippen LogP contribution in [0.3, 0.4) is 0 Å². The van der Waals surface area contributed by atoms with E-state index in [1.807, 2.05) is 0 Å². The Morgan fingerprint density at radius 1 is 1.52 bits per heavy atom. The van der Waals surface area contributed by atoms with Crippen molar-refractivity contribution >= 4 is 80.3 Å². The number of nitrogen functional groups attached to an aromatic ring is 2. The maximum Gasteiger partial charge on any atom is 0.352 e. The molecule has 0 spiro atoms. The lowest BCUT2D eigenvalue weighted by atomic mass is 9.98. The van der Waals surface area contributed by atoms with Gasteiger partial charge in [-0.1, -0.05) is 40.0 Å². The molecule has 0 aromatic carbocycles. The van der Waals surface area contributed by atoms with Crippen molar-refractivity contribution in [3.8, 4) is 0 Å². The van der Waals surface area contributed by atoms with Gasteiger partial charge in [-0.2, -0.15) is 0 Å². The number of carboxylic acid groups (broad SMARTS) is 1. The van der Waals surface area contributed by atoms with E-state index in [1.165, 1.54) is 53.1 Å². The van der Waals surface area contributed by atoms with E-state index >= 15 is 0 Å². The van der Waals surface area contributed by atoms with Crippen molar-refractivity contribution < 1.29 is 24.3 Å². The van der Waals surface area contributed by atoms with Crippen LogP contribution >= 0.6 is 46.2 Å². The van der Waals surface area contributed by atoms with Crippen LogP contribution in [0.2, 0.25) is 0 Å². The van der Waals surface area contributed by atoms with Crippen LogP contribution in [0.25, 0.3) is 0 Å². The fraction of sp³-hybridized carbons (Fsp3) is 0.294. The Kier molecular flexibility index (Phi) is 6.51. The van der Waals surface area contributed by atoms with Crippen molar-refractivity contribution in [3.63, 3.8) is 0 Å². The van der Waals surface area contributed by atoms with Crippen molar-refractivity contribution in [2.24, 2.45) is 5.16 Å². The van der Waals surface area contributed by atoms with E-state index in [9.17, 15) is 19.5 Å². The predicted octanol–water partition coefficient (Wildman–Crippen LogP) is 1.10. The number of aromatic nitrogens is 2. The number of β-lactam (4-membered cyclic amide) rings is 1. The molecule has 2 aliphatic rings. The fourth-order valence-corrected chi connectivity index (χ4v) is 7.65. The van der Waals surface area contributed by atoms with Gasteiger partial charge in [-0.05, 0) is 0 Å². The van der Waals surface area contributed by atoms with Crippen LogP contribution < -0.4 is 16.8 Å². The second-order valence-electron chi connectivity index (χ2n) is 6.65. The second kappa shape index (κ2) is 9.20. The molecule has 4 rings (SSSR count). The van der Waals surface area contributed by atoms with Crippen LogP contribution in [0, 0.1) is 0 Å². The highest BCUT2D eigenvalue weighted by Gasteiger charge is 2.56. The number of thioether (sulfide) groups is 2. The summed E-state index contributed by atoms with van der Waals surface area (Å²) in [7, 11) is 1.29. The molecule has 1 unspecified atom stereocenters. The monoisotopic (exact) mass is 527 g/mol. The lowest BCUT2D eigenvalue weighted by Crippen LogP contribution is -2.61. The average molecular weight is 528 g/mol. The van der Waals surface area contributed by atoms with Crippen molar-refractivity contribution in [1.82, 2.24) is 20.2 Å². The molecule has 33 heavy (non-hydrogen) atoms. The number of aliphatic carboxylic acids is 1. The Balaban J connectivity index is 1.87. The van der Waals surface area contributed by atoms with E-state index < -0.39 is 22.1 Å². The van der Waals surface area contributed by atoms with Gasteiger partial charge in [0.25, 0.3) is 5.91 Å². The van der Waals surface area contributed by atoms with E-state index in [1.54, 1.807) is 5.38 Å². The molecular formula is C17H17N7O5S4. The minimum Gasteiger partial charge on any atom is -0.477 e. The standard InChI is InChI=1S/C17H17N7O5S4/c1-29-21-4-10(25)23-17(8-6-30-15(19)22-8)7(5-31-16-20-3-9(18)32-16)13(14(27)28)24-11(26)2-12(24)33-17/h3-4,6,12H,2,5,18H2,1H3,(H2,19,22)(H,23,25)(H,27,28)/t12-,17?/m0/s1. The van der Waals surface area contributed by atoms with Crippen molar-refractivity contribution in [1.29, 1.82) is 0 Å². The number of oxime groups is 1. The van der Waals surface area contributed by atoms with Gasteiger partial charge in [0.1, 0.15) is 24.0 Å². The quantitative estimate of drug-likeness (QED) is 0.167. The molecule has 1 fully saturated rings. The zero-order chi connectivity index (χ0) is 23.8. The maximum atomic E-state index is 12.7. The summed E-state index contributed by atoms with van der Waals surface area (Å²) >= 11 is 4.84. The van der Waals surface area contributed by atoms with E-state index in [4.69, 9.17) is 11.5 Å². The number of carbonyl (C=O) groups excluding carboxylic acids is 2. The molecule has 0 radical (unpaired) electrons. The van der Waals surface area contributed by atoms with E-state index in [2.05, 4.69) is 25.3 Å². The molecule has 0 bridgehead atoms. The van der Waals surface area contributed by atoms with Crippen LogP contribution in [-0.2, 0) is 24.1 Å². The van der Waals surface area contributed by atoms with Gasteiger partial charge in [0.05, 0.1) is 23.7 Å². The lowest BCUT2D eigenvalue weighted by Gasteiger charge is -2.51. The van der Waals surface area contributed by atoms with Gasteiger partial charge < -0.3 is 26.7 Å². The summed E-state index contributed by atoms with van der Waals surface area (Å²) in [5, 5.41) is 18.3. The highest BCUT2D eigenvalue weighted by Crippen LogP contribution is 2.55. The number of fused-ring (bicyclic) bond motifs is 1. The van der Waals surface area contributed by atoms with Gasteiger partial charge in [-0.3, -0.25) is 14.5 Å². The zero-order valence-corrected chi connectivity index (χ0v) is 20.1. The number of carboxylic acids is 1. The van der Waals surface area contributed by atoms with Crippen molar-refractivity contribution in [3.05, 3.63) is 28.5 Å². The molecule has 16 heteroatoms. The number of hydrogen-bond acceptors (Lipinski definition) is 13. The largest absolute Gasteiger partial charge is 0.477 e. The number of rotatable bonds is 8. The number of anilines is 2. The summed E-state index contributed by atoms with van der Waals surface area (Å²) < 4.78 is 0.603. The molecule has 4 heterocycles. The van der Waals surface area contributed by atoms with Gasteiger partial charge in [-0.25, -0.2) is 14.8 Å². The average Bonchev–Trinajstić information content (AvgIpc) is 3.38. The fourth-order valence-electron chi connectivity index (χ4n) is 3.35. The third-order valence-electron chi connectivity index (χ3n) is 4.67. The molecule has 2 aromatic rings. The minimum absolute atomic E-state index is 0.0806. The third-order valence-corrected chi connectivity index (χ3v) is 8.92. The number of thiazole rings is 2. The second-order valence-corrected chi connectivity index (χ2v) is 11.2. The van der Waals surface area contributed by atoms with Gasteiger partial charge in [0, 0.05) is 16.7 Å². The number of nitrogens with one attached hydrogen (secondary N) is 1. The Labute approximate surface area is 203 Å². The van der Waals surface area contributed by atoms with Crippen LogP contribution in [0.15, 0.2) is 32.3 Å². The minimum atomic E-state index is -1.42. The zero-order valence-electron chi connectivity index (χ0n) is 16.9. The predicted molar refractivity (Wildman–Crippen MR) is 127 cm³/mol. The Hall–Kier alpha value is -2.82. The highest BCUT2D eigenvalue weighted by molar-refractivity contribution is 8.02. The molecule has 0 saturated carbocycles. The summed E-state index contributed by atoms with van der Waals surface area (Å²) in [5.41, 5.74) is 12.0. The molecular weight excluding hydrogens is 510 g/mol. The Morgan fingerprint density at radius 3 is 2.88 bits per heavy atom. The first kappa shape index (κ1) is 23.3. The van der Waals surface area contributed by atoms with Gasteiger partial charge in [0.2, 0.25) is 5.91 Å². The molecule has 2 aromatic heterocycles. The number of carbonyl (C=O) groups is 3. The SMILES string of the molecule is CON=CC(=O)NC1(c2csc(N)n2)S[C@H]2CC(=O)N2C(C(=O)O)=C1CSc1ncc(N)s1. The number of amides is 2. The molecule has 12 nitrogen and oxygen atoms in total. The van der Waals surface area contributed by atoms with Crippen LogP contribution in [0.5, 0.6) is 0 Å². The third kappa shape index (κ3) is 4.38. The van der Waals surface area contributed by atoms with E-state index in [0.29, 0.717) is 15.0 Å². The first-order valence-electron chi connectivity index (χ1n) is 9.16. The summed E-state index contributed by atoms with van der Waals surface area (Å²) in [6.45, 7) is 0. The topological polar surface area (TPSA) is 186 Å². The number of hydrogen-bond donors (Lipinski definition) is 4.